The first-order valence-corrected chi connectivity index (χ1v) is 10.2. The van der Waals surface area contributed by atoms with Gasteiger partial charge in [0.15, 0.2) is 0 Å². The van der Waals surface area contributed by atoms with Crippen LogP contribution in [-0.4, -0.2) is 20.2 Å². The van der Waals surface area contributed by atoms with Crippen LogP contribution >= 0.6 is 0 Å². The number of nitrogens with one attached hydrogen (secondary N) is 2. The Bertz CT molecular complexity index is 1450. The van der Waals surface area contributed by atoms with Crippen molar-refractivity contribution in [1.82, 2.24) is 20.2 Å². The number of aromatic amines is 2. The summed E-state index contributed by atoms with van der Waals surface area (Å²) in [6.07, 6.45) is 11.6. The van der Waals surface area contributed by atoms with Crippen LogP contribution in [0.3, 0.4) is 0 Å². The van der Waals surface area contributed by atoms with Gasteiger partial charge in [-0.25, -0.2) is 0 Å². The Morgan fingerprint density at radius 1 is 0.968 bits per heavy atom. The molecule has 0 atom stereocenters. The monoisotopic (exact) mass is 402 g/mol. The lowest BCUT2D eigenvalue weighted by atomic mass is 10.0. The zero-order valence-corrected chi connectivity index (χ0v) is 17.3. The van der Waals surface area contributed by atoms with Gasteiger partial charge in [-0.15, -0.1) is 0 Å². The summed E-state index contributed by atoms with van der Waals surface area (Å²) in [6.45, 7) is 5.81. The molecule has 2 aromatic carbocycles. The van der Waals surface area contributed by atoms with Crippen LogP contribution in [0.15, 0.2) is 97.9 Å². The molecule has 0 aliphatic rings. The number of rotatable bonds is 5. The highest BCUT2D eigenvalue weighted by molar-refractivity contribution is 6.01. The van der Waals surface area contributed by atoms with Crippen molar-refractivity contribution < 1.29 is 0 Å². The van der Waals surface area contributed by atoms with E-state index in [0.717, 1.165) is 44.5 Å². The predicted octanol–water partition coefficient (Wildman–Crippen LogP) is 6.92. The van der Waals surface area contributed by atoms with Crippen molar-refractivity contribution in [3.8, 4) is 22.5 Å². The summed E-state index contributed by atoms with van der Waals surface area (Å²) in [5, 5.41) is 10.1. The van der Waals surface area contributed by atoms with Gasteiger partial charge >= 0.3 is 0 Å². The average molecular weight is 403 g/mol. The topological polar surface area (TPSA) is 57.4 Å². The normalized spacial score (nSPS) is 12.2. The fraction of sp³-hybridized carbons (Fsp3) is 0.0370. The van der Waals surface area contributed by atoms with Gasteiger partial charge in [-0.1, -0.05) is 49.1 Å². The first-order chi connectivity index (χ1) is 15.3. The molecule has 0 bridgehead atoms. The van der Waals surface area contributed by atoms with E-state index < -0.39 is 0 Å². The van der Waals surface area contributed by atoms with E-state index in [1.54, 1.807) is 6.08 Å². The summed E-state index contributed by atoms with van der Waals surface area (Å²) in [6, 6.07) is 18.9. The summed E-state index contributed by atoms with van der Waals surface area (Å²) < 4.78 is 0. The van der Waals surface area contributed by atoms with Gasteiger partial charge < -0.3 is 4.98 Å². The van der Waals surface area contributed by atoms with Gasteiger partial charge in [-0.05, 0) is 65.6 Å². The first kappa shape index (κ1) is 18.8. The third-order valence-corrected chi connectivity index (χ3v) is 5.53. The molecule has 0 saturated carbocycles. The zero-order valence-electron chi connectivity index (χ0n) is 17.3. The van der Waals surface area contributed by atoms with Crippen molar-refractivity contribution >= 4 is 27.4 Å². The minimum Gasteiger partial charge on any atom is -0.353 e. The SMILES string of the molecule is C=C/C=C\C(=C/C)c1ccc2[nH]nc(-c3cc4c(-c5ccncc5)cccc4[nH]3)c2c1. The second-order valence-corrected chi connectivity index (χ2v) is 7.36. The summed E-state index contributed by atoms with van der Waals surface area (Å²) in [4.78, 5) is 7.70. The molecule has 0 saturated heterocycles. The number of fused-ring (bicyclic) bond motifs is 2. The fourth-order valence-electron chi connectivity index (χ4n) is 4.00. The van der Waals surface area contributed by atoms with Crippen molar-refractivity contribution in [3.05, 3.63) is 103 Å². The van der Waals surface area contributed by atoms with E-state index in [2.05, 4.69) is 81.4 Å². The van der Waals surface area contributed by atoms with E-state index in [0.29, 0.717) is 0 Å². The van der Waals surface area contributed by atoms with Crippen LogP contribution in [0.5, 0.6) is 0 Å². The molecule has 5 aromatic rings. The fourth-order valence-corrected chi connectivity index (χ4v) is 4.00. The average Bonchev–Trinajstić information content (AvgIpc) is 3.43. The predicted molar refractivity (Wildman–Crippen MR) is 130 cm³/mol. The van der Waals surface area contributed by atoms with Gasteiger partial charge in [0.05, 0.1) is 11.2 Å². The van der Waals surface area contributed by atoms with E-state index in [9.17, 15) is 0 Å². The molecule has 0 fully saturated rings. The van der Waals surface area contributed by atoms with E-state index in [4.69, 9.17) is 0 Å². The van der Waals surface area contributed by atoms with Gasteiger partial charge in [0, 0.05) is 28.7 Å². The number of H-pyrrole nitrogens is 2. The number of aromatic nitrogens is 4. The lowest BCUT2D eigenvalue weighted by Gasteiger charge is -2.03. The molecule has 0 amide bonds. The van der Waals surface area contributed by atoms with Gasteiger partial charge in [0.25, 0.3) is 0 Å². The Morgan fingerprint density at radius 3 is 2.65 bits per heavy atom. The van der Waals surface area contributed by atoms with E-state index in [-0.39, 0.29) is 0 Å². The molecular formula is C27H22N4. The van der Waals surface area contributed by atoms with Gasteiger partial charge in [0.2, 0.25) is 0 Å². The largest absolute Gasteiger partial charge is 0.353 e. The molecule has 0 aliphatic heterocycles. The van der Waals surface area contributed by atoms with E-state index >= 15 is 0 Å². The highest BCUT2D eigenvalue weighted by atomic mass is 15.1. The Labute approximate surface area is 180 Å². The standard InChI is InChI=1S/C27H22N4/c1-3-5-7-18(4-2)20-10-11-25-23(16-20)27(31-30-25)26-17-22-21(8-6-9-24(22)29-26)19-12-14-28-15-13-19/h3-17,29H,1H2,2H3,(H,30,31)/b7-5-,18-4+. The minimum absolute atomic E-state index is 0.914. The molecule has 4 heteroatoms. The van der Waals surface area contributed by atoms with Crippen LogP contribution in [0.4, 0.5) is 0 Å². The molecule has 0 radical (unpaired) electrons. The zero-order chi connectivity index (χ0) is 21.2. The highest BCUT2D eigenvalue weighted by Gasteiger charge is 2.14. The van der Waals surface area contributed by atoms with Crippen LogP contribution in [-0.2, 0) is 0 Å². The number of benzene rings is 2. The van der Waals surface area contributed by atoms with Crippen LogP contribution in [0.1, 0.15) is 12.5 Å². The third kappa shape index (κ3) is 3.38. The maximum absolute atomic E-state index is 4.63. The summed E-state index contributed by atoms with van der Waals surface area (Å²) in [5.74, 6) is 0. The molecular weight excluding hydrogens is 380 g/mol. The molecule has 4 nitrogen and oxygen atoms in total. The quantitative estimate of drug-likeness (QED) is 0.314. The third-order valence-electron chi connectivity index (χ3n) is 5.53. The smallest absolute Gasteiger partial charge is 0.116 e. The number of pyridine rings is 1. The van der Waals surface area contributed by atoms with Gasteiger partial charge in [-0.2, -0.15) is 5.10 Å². The molecule has 3 aromatic heterocycles. The summed E-state index contributed by atoms with van der Waals surface area (Å²) >= 11 is 0. The maximum Gasteiger partial charge on any atom is 0.116 e. The molecule has 3 heterocycles. The molecule has 0 aliphatic carbocycles. The summed E-state index contributed by atoms with van der Waals surface area (Å²) in [7, 11) is 0. The number of nitrogens with zero attached hydrogens (tertiary/aromatic N) is 2. The van der Waals surface area contributed by atoms with Gasteiger partial charge in [-0.3, -0.25) is 10.1 Å². The Kier molecular flexibility index (Phi) is 4.81. The van der Waals surface area contributed by atoms with Crippen molar-refractivity contribution in [3.63, 3.8) is 0 Å². The molecule has 31 heavy (non-hydrogen) atoms. The number of hydrogen-bond acceptors (Lipinski definition) is 2. The van der Waals surface area contributed by atoms with Crippen molar-refractivity contribution in [2.24, 2.45) is 0 Å². The molecule has 2 N–H and O–H groups in total. The van der Waals surface area contributed by atoms with Crippen molar-refractivity contribution in [2.45, 2.75) is 6.92 Å². The van der Waals surface area contributed by atoms with Crippen LogP contribution < -0.4 is 0 Å². The Balaban J connectivity index is 1.65. The Morgan fingerprint density at radius 2 is 1.84 bits per heavy atom. The number of hydrogen-bond donors (Lipinski definition) is 2. The molecule has 5 rings (SSSR count). The van der Waals surface area contributed by atoms with Crippen LogP contribution in [0, 0.1) is 0 Å². The van der Waals surface area contributed by atoms with E-state index in [1.807, 2.05) is 37.5 Å². The highest BCUT2D eigenvalue weighted by Crippen LogP contribution is 2.34. The lowest BCUT2D eigenvalue weighted by Crippen LogP contribution is -1.82. The lowest BCUT2D eigenvalue weighted by molar-refractivity contribution is 1.12. The van der Waals surface area contributed by atoms with Gasteiger partial charge in [0.1, 0.15) is 5.69 Å². The van der Waals surface area contributed by atoms with Crippen LogP contribution in [0.2, 0.25) is 0 Å². The second-order valence-electron chi connectivity index (χ2n) is 7.36. The van der Waals surface area contributed by atoms with E-state index in [1.165, 1.54) is 10.9 Å². The minimum atomic E-state index is 0.914. The molecule has 0 spiro atoms. The molecule has 0 unspecified atom stereocenters. The second kappa shape index (κ2) is 7.92. The van der Waals surface area contributed by atoms with Crippen LogP contribution in [0.25, 0.3) is 49.9 Å². The van der Waals surface area contributed by atoms with Crippen molar-refractivity contribution in [2.75, 3.05) is 0 Å². The summed E-state index contributed by atoms with van der Waals surface area (Å²) in [5.41, 5.74) is 8.60. The maximum atomic E-state index is 4.63. The molecule has 150 valence electrons. The number of allylic oxidation sites excluding steroid dienone is 5. The first-order valence-electron chi connectivity index (χ1n) is 10.2. The van der Waals surface area contributed by atoms with Crippen molar-refractivity contribution in [1.29, 1.82) is 0 Å². The Hall–Kier alpha value is -4.18.